The van der Waals surface area contributed by atoms with Gasteiger partial charge in [-0.05, 0) is 26.2 Å². The minimum absolute atomic E-state index is 0.286. The normalized spacial score (nSPS) is 12.1. The lowest BCUT2D eigenvalue weighted by Crippen LogP contribution is -1.83. The molecule has 0 saturated heterocycles. The summed E-state index contributed by atoms with van der Waals surface area (Å²) in [5, 5.41) is 8.64. The second kappa shape index (κ2) is 10.8. The highest BCUT2D eigenvalue weighted by atomic mass is 16.2. The second-order valence-corrected chi connectivity index (χ2v) is 4.08. The van der Waals surface area contributed by atoms with Crippen LogP contribution in [0, 0.1) is 0 Å². The molecular formula is C13H26O. The fourth-order valence-corrected chi connectivity index (χ4v) is 1.60. The van der Waals surface area contributed by atoms with Crippen LogP contribution in [0.3, 0.4) is 0 Å². The first kappa shape index (κ1) is 13.7. The van der Waals surface area contributed by atoms with E-state index in [9.17, 15) is 0 Å². The first-order valence-electron chi connectivity index (χ1n) is 6.07. The average Bonchev–Trinajstić information content (AvgIpc) is 2.20. The van der Waals surface area contributed by atoms with E-state index in [1.165, 1.54) is 50.5 Å². The van der Waals surface area contributed by atoms with Crippen LogP contribution in [-0.2, 0) is 0 Å². The third-order valence-corrected chi connectivity index (χ3v) is 2.55. The lowest BCUT2D eigenvalue weighted by atomic mass is 10.1. The molecule has 0 aliphatic rings. The molecule has 1 N–H and O–H groups in total. The molecule has 0 aliphatic carbocycles. The summed E-state index contributed by atoms with van der Waals surface area (Å²) in [6.07, 6.45) is 12.4. The smallest absolute Gasteiger partial charge is 0.0465 e. The van der Waals surface area contributed by atoms with Crippen LogP contribution in [0.5, 0.6) is 0 Å². The molecule has 0 spiro atoms. The Hall–Kier alpha value is -0.300. The number of rotatable bonds is 9. The molecule has 0 fully saturated rings. The van der Waals surface area contributed by atoms with Crippen molar-refractivity contribution < 1.29 is 5.11 Å². The maximum atomic E-state index is 8.64. The van der Waals surface area contributed by atoms with Crippen molar-refractivity contribution in [1.29, 1.82) is 0 Å². The minimum atomic E-state index is 0.286. The van der Waals surface area contributed by atoms with E-state index in [4.69, 9.17) is 5.11 Å². The zero-order chi connectivity index (χ0) is 10.6. The van der Waals surface area contributed by atoms with E-state index >= 15 is 0 Å². The summed E-state index contributed by atoms with van der Waals surface area (Å²) in [6, 6.07) is 0. The van der Waals surface area contributed by atoms with Crippen molar-refractivity contribution in [3.05, 3.63) is 11.6 Å². The molecule has 0 aromatic heterocycles. The van der Waals surface area contributed by atoms with Crippen LogP contribution in [0.4, 0.5) is 0 Å². The number of unbranched alkanes of at least 4 members (excludes halogenated alkanes) is 5. The van der Waals surface area contributed by atoms with Gasteiger partial charge in [-0.25, -0.2) is 0 Å². The molecule has 1 heteroatoms. The maximum Gasteiger partial charge on any atom is 0.0465 e. The Morgan fingerprint density at radius 3 is 2.36 bits per heavy atom. The molecular weight excluding hydrogens is 172 g/mol. The van der Waals surface area contributed by atoms with E-state index in [1.807, 2.05) is 0 Å². The van der Waals surface area contributed by atoms with Gasteiger partial charge in [0.2, 0.25) is 0 Å². The fraction of sp³-hybridized carbons (Fsp3) is 0.846. The Bertz CT molecular complexity index is 138. The molecule has 0 aromatic carbocycles. The van der Waals surface area contributed by atoms with Crippen LogP contribution < -0.4 is 0 Å². The van der Waals surface area contributed by atoms with Crippen molar-refractivity contribution in [2.75, 3.05) is 6.61 Å². The van der Waals surface area contributed by atoms with Gasteiger partial charge in [0.1, 0.15) is 0 Å². The first-order chi connectivity index (χ1) is 6.81. The van der Waals surface area contributed by atoms with Crippen LogP contribution in [0.1, 0.15) is 65.2 Å². The van der Waals surface area contributed by atoms with E-state index in [0.717, 1.165) is 6.42 Å². The average molecular weight is 198 g/mol. The van der Waals surface area contributed by atoms with Gasteiger partial charge in [-0.3, -0.25) is 0 Å². The lowest BCUT2D eigenvalue weighted by molar-refractivity contribution is 0.302. The predicted molar refractivity (Wildman–Crippen MR) is 63.5 cm³/mol. The summed E-state index contributed by atoms with van der Waals surface area (Å²) in [7, 11) is 0. The van der Waals surface area contributed by atoms with E-state index in [-0.39, 0.29) is 6.61 Å². The van der Waals surface area contributed by atoms with Crippen LogP contribution in [0.2, 0.25) is 0 Å². The van der Waals surface area contributed by atoms with Crippen molar-refractivity contribution in [1.82, 2.24) is 0 Å². The van der Waals surface area contributed by atoms with Gasteiger partial charge >= 0.3 is 0 Å². The van der Waals surface area contributed by atoms with Gasteiger partial charge < -0.3 is 5.11 Å². The van der Waals surface area contributed by atoms with Crippen molar-refractivity contribution in [2.45, 2.75) is 65.2 Å². The second-order valence-electron chi connectivity index (χ2n) is 4.08. The van der Waals surface area contributed by atoms with Gasteiger partial charge in [-0.2, -0.15) is 0 Å². The Labute approximate surface area is 89.2 Å². The van der Waals surface area contributed by atoms with Crippen molar-refractivity contribution in [2.24, 2.45) is 0 Å². The molecule has 1 nitrogen and oxygen atoms in total. The van der Waals surface area contributed by atoms with Gasteiger partial charge in [-0.1, -0.05) is 50.7 Å². The van der Waals surface area contributed by atoms with Gasteiger partial charge in [0.25, 0.3) is 0 Å². The molecule has 0 aromatic rings. The van der Waals surface area contributed by atoms with Gasteiger partial charge in [0.05, 0.1) is 0 Å². The zero-order valence-corrected chi connectivity index (χ0v) is 9.89. The summed E-state index contributed by atoms with van der Waals surface area (Å²) < 4.78 is 0. The highest BCUT2D eigenvalue weighted by Crippen LogP contribution is 2.11. The van der Waals surface area contributed by atoms with Gasteiger partial charge in [0.15, 0.2) is 0 Å². The molecule has 84 valence electrons. The quantitative estimate of drug-likeness (QED) is 0.437. The fourth-order valence-electron chi connectivity index (χ4n) is 1.60. The van der Waals surface area contributed by atoms with Crippen molar-refractivity contribution in [3.8, 4) is 0 Å². The van der Waals surface area contributed by atoms with Crippen LogP contribution in [0.25, 0.3) is 0 Å². The molecule has 0 amide bonds. The Morgan fingerprint density at radius 2 is 1.71 bits per heavy atom. The van der Waals surface area contributed by atoms with E-state index in [0.29, 0.717) is 0 Å². The molecule has 0 saturated carbocycles. The first-order valence-corrected chi connectivity index (χ1v) is 6.07. The highest BCUT2D eigenvalue weighted by Gasteiger charge is 1.92. The molecule has 0 atom stereocenters. The van der Waals surface area contributed by atoms with Crippen LogP contribution >= 0.6 is 0 Å². The van der Waals surface area contributed by atoms with Gasteiger partial charge in [0, 0.05) is 6.61 Å². The van der Waals surface area contributed by atoms with E-state index < -0.39 is 0 Å². The molecule has 0 bridgehead atoms. The highest BCUT2D eigenvalue weighted by molar-refractivity contribution is 4.97. The minimum Gasteiger partial charge on any atom is -0.396 e. The summed E-state index contributed by atoms with van der Waals surface area (Å²) in [6.45, 7) is 4.71. The topological polar surface area (TPSA) is 20.2 Å². The third-order valence-electron chi connectivity index (χ3n) is 2.55. The molecule has 0 rings (SSSR count). The maximum absolute atomic E-state index is 8.64. The third kappa shape index (κ3) is 9.79. The number of allylic oxidation sites excluding steroid dienone is 1. The largest absolute Gasteiger partial charge is 0.396 e. The summed E-state index contributed by atoms with van der Waals surface area (Å²) in [5.41, 5.74) is 1.44. The van der Waals surface area contributed by atoms with E-state index in [1.54, 1.807) is 0 Å². The summed E-state index contributed by atoms with van der Waals surface area (Å²) in [5.74, 6) is 0. The number of aliphatic hydroxyl groups is 1. The molecule has 0 unspecified atom stereocenters. The Balaban J connectivity index is 3.18. The SMILES string of the molecule is CCCCCCCC/C(C)=C/CCO. The van der Waals surface area contributed by atoms with Crippen LogP contribution in [-0.4, -0.2) is 11.7 Å². The Morgan fingerprint density at radius 1 is 1.07 bits per heavy atom. The van der Waals surface area contributed by atoms with Crippen molar-refractivity contribution >= 4 is 0 Å². The Kier molecular flexibility index (Phi) is 10.5. The predicted octanol–water partition coefficient (Wildman–Crippen LogP) is 4.07. The molecule has 0 aliphatic heterocycles. The molecule has 0 heterocycles. The standard InChI is InChI=1S/C13H26O/c1-3-4-5-6-7-8-10-13(2)11-9-12-14/h11,14H,3-10,12H2,1-2H3/b13-11+. The zero-order valence-electron chi connectivity index (χ0n) is 9.89. The number of hydrogen-bond donors (Lipinski definition) is 1. The number of aliphatic hydroxyl groups excluding tert-OH is 1. The summed E-state index contributed by atoms with van der Waals surface area (Å²) >= 11 is 0. The lowest BCUT2D eigenvalue weighted by Gasteiger charge is -2.01. The van der Waals surface area contributed by atoms with Crippen molar-refractivity contribution in [3.63, 3.8) is 0 Å². The van der Waals surface area contributed by atoms with E-state index in [2.05, 4.69) is 19.9 Å². The molecule has 14 heavy (non-hydrogen) atoms. The summed E-state index contributed by atoms with van der Waals surface area (Å²) in [4.78, 5) is 0. The molecule has 0 radical (unpaired) electrons. The van der Waals surface area contributed by atoms with Gasteiger partial charge in [-0.15, -0.1) is 0 Å². The monoisotopic (exact) mass is 198 g/mol. The number of hydrogen-bond acceptors (Lipinski definition) is 1. The van der Waals surface area contributed by atoms with Crippen LogP contribution in [0.15, 0.2) is 11.6 Å².